The van der Waals surface area contributed by atoms with Gasteiger partial charge in [0.2, 0.25) is 0 Å². The Bertz CT molecular complexity index is 1130. The summed E-state index contributed by atoms with van der Waals surface area (Å²) < 4.78 is 41.3. The van der Waals surface area contributed by atoms with E-state index in [0.717, 1.165) is 18.3 Å². The van der Waals surface area contributed by atoms with Gasteiger partial charge in [-0.1, -0.05) is 24.8 Å². The average Bonchev–Trinajstić information content (AvgIpc) is 3.21. The summed E-state index contributed by atoms with van der Waals surface area (Å²) in [6, 6.07) is 12.3. The summed E-state index contributed by atoms with van der Waals surface area (Å²) in [5.41, 5.74) is 5.51. The second-order valence-electron chi connectivity index (χ2n) is 6.16. The van der Waals surface area contributed by atoms with E-state index in [1.165, 1.54) is 12.4 Å². The van der Waals surface area contributed by atoms with Gasteiger partial charge in [-0.25, -0.2) is 9.67 Å². The molecule has 0 aliphatic heterocycles. The summed E-state index contributed by atoms with van der Waals surface area (Å²) in [5.74, 6) is -0.889. The molecule has 0 radical (unpaired) electrons. The van der Waals surface area contributed by atoms with E-state index in [9.17, 15) is 18.0 Å². The number of carbonyl (C=O) groups is 1. The lowest BCUT2D eigenvalue weighted by Gasteiger charge is -2.09. The van der Waals surface area contributed by atoms with Gasteiger partial charge >= 0.3 is 6.18 Å². The minimum absolute atomic E-state index is 0.0595. The van der Waals surface area contributed by atoms with Gasteiger partial charge in [-0.2, -0.15) is 18.3 Å². The highest BCUT2D eigenvalue weighted by molar-refractivity contribution is 5.96. The van der Waals surface area contributed by atoms with E-state index < -0.39 is 17.8 Å². The van der Waals surface area contributed by atoms with Crippen LogP contribution in [0.5, 0.6) is 0 Å². The number of halogens is 3. The van der Waals surface area contributed by atoms with Gasteiger partial charge in [-0.15, -0.1) is 0 Å². The van der Waals surface area contributed by atoms with Crippen LogP contribution in [-0.2, 0) is 6.18 Å². The Morgan fingerprint density at radius 1 is 1.19 bits per heavy atom. The Morgan fingerprint density at radius 3 is 2.55 bits per heavy atom. The number of aromatic nitrogens is 3. The van der Waals surface area contributed by atoms with Gasteiger partial charge < -0.3 is 11.1 Å². The summed E-state index contributed by atoms with van der Waals surface area (Å²) in [7, 11) is 0. The minimum Gasteiger partial charge on any atom is -0.384 e. The molecule has 0 fully saturated rings. The summed E-state index contributed by atoms with van der Waals surface area (Å²) in [6.07, 6.45) is 0.309. The van der Waals surface area contributed by atoms with Gasteiger partial charge in [0.1, 0.15) is 5.82 Å². The average molecular weight is 426 g/mol. The molecular weight excluding hydrogens is 409 g/mol. The monoisotopic (exact) mass is 426 g/mol. The van der Waals surface area contributed by atoms with Crippen molar-refractivity contribution in [3.8, 4) is 11.3 Å². The van der Waals surface area contributed by atoms with Gasteiger partial charge in [-0.3, -0.25) is 9.78 Å². The highest BCUT2D eigenvalue weighted by atomic mass is 19.4. The number of hydrogen-bond donors (Lipinski definition) is 2. The number of hydrogen-bond acceptors (Lipinski definition) is 5. The summed E-state index contributed by atoms with van der Waals surface area (Å²) in [5, 5.41) is 6.40. The van der Waals surface area contributed by atoms with Crippen LogP contribution in [0.2, 0.25) is 0 Å². The van der Waals surface area contributed by atoms with Gasteiger partial charge in [0.25, 0.3) is 5.91 Å². The molecule has 3 N–H and O–H groups in total. The van der Waals surface area contributed by atoms with Crippen LogP contribution in [0.15, 0.2) is 90.6 Å². The van der Waals surface area contributed by atoms with Crippen LogP contribution in [-0.4, -0.2) is 26.5 Å². The number of nitrogens with zero attached hydrogens (tertiary/aromatic N) is 4. The van der Waals surface area contributed by atoms with Crippen LogP contribution in [0, 0.1) is 0 Å². The van der Waals surface area contributed by atoms with Crippen LogP contribution in [0.4, 0.5) is 13.2 Å². The zero-order chi connectivity index (χ0) is 22.4. The molecule has 3 aromatic rings. The molecule has 0 aliphatic carbocycles. The number of amides is 1. The molecule has 0 bridgehead atoms. The lowest BCUT2D eigenvalue weighted by molar-refractivity contribution is -0.142. The summed E-state index contributed by atoms with van der Waals surface area (Å²) >= 11 is 0. The second kappa shape index (κ2) is 9.08. The molecule has 0 spiro atoms. The standard InChI is InChI=1S/C21H17F3N6O/c1-2-19(27-13-18(25)28-20(31)14-7-4-3-5-8-14)30-17(21(22,23)24)11-16(29-30)15-9-6-10-26-12-15/h2-13H,1,25H2,(H,28,31)/b18-13+,27-19?. The molecule has 3 rings (SSSR count). The first kappa shape index (κ1) is 21.5. The fourth-order valence-corrected chi connectivity index (χ4v) is 2.57. The van der Waals surface area contributed by atoms with E-state index in [-0.39, 0.29) is 17.4 Å². The molecule has 0 saturated carbocycles. The third-order valence-corrected chi connectivity index (χ3v) is 3.99. The minimum atomic E-state index is -4.70. The molecule has 0 unspecified atom stereocenters. The van der Waals surface area contributed by atoms with Crippen LogP contribution in [0.1, 0.15) is 16.1 Å². The second-order valence-corrected chi connectivity index (χ2v) is 6.16. The number of pyridine rings is 1. The molecule has 10 heteroatoms. The number of allylic oxidation sites excluding steroid dienone is 1. The first-order valence-corrected chi connectivity index (χ1v) is 8.90. The smallest absolute Gasteiger partial charge is 0.384 e. The maximum atomic E-state index is 13.6. The van der Waals surface area contributed by atoms with Gasteiger partial charge in [0, 0.05) is 23.5 Å². The van der Waals surface area contributed by atoms with Crippen molar-refractivity contribution in [3.05, 3.63) is 96.9 Å². The number of alkyl halides is 3. The van der Waals surface area contributed by atoms with Crippen LogP contribution >= 0.6 is 0 Å². The number of nitrogens with one attached hydrogen (secondary N) is 1. The van der Waals surface area contributed by atoms with E-state index in [0.29, 0.717) is 15.8 Å². The van der Waals surface area contributed by atoms with Crippen molar-refractivity contribution < 1.29 is 18.0 Å². The van der Waals surface area contributed by atoms with Crippen molar-refractivity contribution in [2.24, 2.45) is 10.7 Å². The molecule has 158 valence electrons. The predicted octanol–water partition coefficient (Wildman–Crippen LogP) is 3.58. The third kappa shape index (κ3) is 5.24. The number of aliphatic imine (C=N–C) groups is 1. The van der Waals surface area contributed by atoms with Crippen molar-refractivity contribution in [2.75, 3.05) is 0 Å². The Kier molecular flexibility index (Phi) is 6.29. The third-order valence-electron chi connectivity index (χ3n) is 3.99. The van der Waals surface area contributed by atoms with Crippen molar-refractivity contribution in [2.45, 2.75) is 6.18 Å². The Morgan fingerprint density at radius 2 is 1.94 bits per heavy atom. The zero-order valence-corrected chi connectivity index (χ0v) is 16.0. The highest BCUT2D eigenvalue weighted by Crippen LogP contribution is 2.32. The van der Waals surface area contributed by atoms with E-state index >= 15 is 0 Å². The first-order chi connectivity index (χ1) is 14.8. The molecule has 0 saturated heterocycles. The zero-order valence-electron chi connectivity index (χ0n) is 16.0. The lowest BCUT2D eigenvalue weighted by Crippen LogP contribution is -2.27. The SMILES string of the molecule is C=CC(=N/C=C(\N)NC(=O)c1ccccc1)n1nc(-c2cccnc2)cc1C(F)(F)F. The summed E-state index contributed by atoms with van der Waals surface area (Å²) in [6.45, 7) is 3.50. The first-order valence-electron chi connectivity index (χ1n) is 8.90. The molecule has 7 nitrogen and oxygen atoms in total. The number of carbonyl (C=O) groups excluding carboxylic acids is 1. The van der Waals surface area contributed by atoms with E-state index in [4.69, 9.17) is 5.73 Å². The van der Waals surface area contributed by atoms with E-state index in [2.05, 4.69) is 27.0 Å². The van der Waals surface area contributed by atoms with Crippen molar-refractivity contribution in [1.82, 2.24) is 20.1 Å². The molecule has 0 atom stereocenters. The number of nitrogens with two attached hydrogens (primary N) is 1. The highest BCUT2D eigenvalue weighted by Gasteiger charge is 2.37. The Hall–Kier alpha value is -4.21. The molecule has 2 heterocycles. The maximum absolute atomic E-state index is 13.6. The number of benzene rings is 1. The normalized spacial score (nSPS) is 12.5. The van der Waals surface area contributed by atoms with Crippen molar-refractivity contribution in [1.29, 1.82) is 0 Å². The van der Waals surface area contributed by atoms with Crippen molar-refractivity contribution in [3.63, 3.8) is 0 Å². The van der Waals surface area contributed by atoms with Crippen LogP contribution < -0.4 is 11.1 Å². The molecule has 1 aromatic carbocycles. The fourth-order valence-electron chi connectivity index (χ4n) is 2.57. The predicted molar refractivity (Wildman–Crippen MR) is 110 cm³/mol. The van der Waals surface area contributed by atoms with Crippen LogP contribution in [0.25, 0.3) is 11.3 Å². The Labute approximate surface area is 175 Å². The molecule has 1 amide bonds. The van der Waals surface area contributed by atoms with Crippen molar-refractivity contribution >= 4 is 11.7 Å². The molecular formula is C21H17F3N6O. The lowest BCUT2D eigenvalue weighted by atomic mass is 10.2. The van der Waals surface area contributed by atoms with Crippen LogP contribution in [0.3, 0.4) is 0 Å². The van der Waals surface area contributed by atoms with Gasteiger partial charge in [-0.05, 0) is 36.4 Å². The number of rotatable bonds is 5. The van der Waals surface area contributed by atoms with Gasteiger partial charge in [0.05, 0.1) is 11.9 Å². The fraction of sp³-hybridized carbons (Fsp3) is 0.0476. The largest absolute Gasteiger partial charge is 0.433 e. The molecule has 2 aromatic heterocycles. The van der Waals surface area contributed by atoms with E-state index in [1.807, 2.05) is 0 Å². The topological polar surface area (TPSA) is 98.2 Å². The maximum Gasteiger partial charge on any atom is 0.433 e. The molecule has 0 aliphatic rings. The Balaban J connectivity index is 1.92. The quantitative estimate of drug-likeness (QED) is 0.481. The van der Waals surface area contributed by atoms with Gasteiger partial charge in [0.15, 0.2) is 11.5 Å². The van der Waals surface area contributed by atoms with E-state index in [1.54, 1.807) is 42.5 Å². The summed E-state index contributed by atoms with van der Waals surface area (Å²) in [4.78, 5) is 19.9. The molecule has 31 heavy (non-hydrogen) atoms.